The number of rotatable bonds is 6. The van der Waals surface area contributed by atoms with Gasteiger partial charge in [-0.3, -0.25) is 9.88 Å². The summed E-state index contributed by atoms with van der Waals surface area (Å²) in [6.45, 7) is 2.81. The van der Waals surface area contributed by atoms with Crippen LogP contribution in [0.4, 0.5) is 0 Å². The normalized spacial score (nSPS) is 21.0. The summed E-state index contributed by atoms with van der Waals surface area (Å²) in [6.07, 6.45) is 3.64. The number of aromatic nitrogens is 1. The Kier molecular flexibility index (Phi) is 5.33. The predicted octanol–water partition coefficient (Wildman–Crippen LogP) is 2.31. The predicted molar refractivity (Wildman–Crippen MR) is 92.4 cm³/mol. The van der Waals surface area contributed by atoms with Crippen molar-refractivity contribution in [3.05, 3.63) is 53.9 Å². The van der Waals surface area contributed by atoms with E-state index in [-0.39, 0.29) is 12.5 Å². The molecule has 0 aliphatic carbocycles. The minimum absolute atomic E-state index is 0.199. The van der Waals surface area contributed by atoms with Gasteiger partial charge in [-0.2, -0.15) is 0 Å². The second-order valence-corrected chi connectivity index (χ2v) is 6.24. The van der Waals surface area contributed by atoms with Crippen LogP contribution in [0, 0.1) is 5.92 Å². The Balaban J connectivity index is 1.75. The number of ether oxygens (including phenoxy) is 2. The topological polar surface area (TPSA) is 54.8 Å². The molecule has 0 spiro atoms. The van der Waals surface area contributed by atoms with Crippen LogP contribution in [0.3, 0.4) is 0 Å². The number of nitrogens with zero attached hydrogens (tertiary/aromatic N) is 2. The lowest BCUT2D eigenvalue weighted by Gasteiger charge is -2.17. The Morgan fingerprint density at radius 1 is 1.08 bits per heavy atom. The lowest BCUT2D eigenvalue weighted by molar-refractivity contribution is 0.214. The third-order valence-corrected chi connectivity index (χ3v) is 4.70. The molecule has 0 bridgehead atoms. The fourth-order valence-electron chi connectivity index (χ4n) is 3.48. The molecule has 0 unspecified atom stereocenters. The molecule has 1 aliphatic heterocycles. The van der Waals surface area contributed by atoms with E-state index in [2.05, 4.69) is 9.88 Å². The average Bonchev–Trinajstić information content (AvgIpc) is 3.04. The molecule has 1 N–H and O–H groups in total. The third-order valence-electron chi connectivity index (χ3n) is 4.70. The highest BCUT2D eigenvalue weighted by Gasteiger charge is 2.33. The summed E-state index contributed by atoms with van der Waals surface area (Å²) in [7, 11) is 3.32. The standard InChI is InChI=1S/C19H24N2O3/c1-23-17-7-14(8-18(9-17)24-2)10-21-11-16(13-22)19(12-21)15-3-5-20-6-4-15/h3-9,16,19,22H,10-13H2,1-2H3/t16-,19-/m0/s1. The van der Waals surface area contributed by atoms with E-state index in [1.807, 2.05) is 42.7 Å². The van der Waals surface area contributed by atoms with Crippen LogP contribution >= 0.6 is 0 Å². The molecule has 24 heavy (non-hydrogen) atoms. The first-order valence-electron chi connectivity index (χ1n) is 8.18. The molecule has 5 heteroatoms. The minimum atomic E-state index is 0.199. The zero-order chi connectivity index (χ0) is 16.9. The molecule has 1 aromatic heterocycles. The van der Waals surface area contributed by atoms with Gasteiger partial charge < -0.3 is 14.6 Å². The number of pyridine rings is 1. The highest BCUT2D eigenvalue weighted by Crippen LogP contribution is 2.33. The molecule has 1 aromatic carbocycles. The van der Waals surface area contributed by atoms with Crippen LogP contribution < -0.4 is 9.47 Å². The Labute approximate surface area is 142 Å². The van der Waals surface area contributed by atoms with Crippen LogP contribution in [0.25, 0.3) is 0 Å². The van der Waals surface area contributed by atoms with Crippen molar-refractivity contribution in [3.8, 4) is 11.5 Å². The van der Waals surface area contributed by atoms with Crippen LogP contribution in [0.2, 0.25) is 0 Å². The van der Waals surface area contributed by atoms with Crippen molar-refractivity contribution < 1.29 is 14.6 Å². The Hall–Kier alpha value is -2.11. The molecule has 3 rings (SSSR count). The van der Waals surface area contributed by atoms with E-state index >= 15 is 0 Å². The summed E-state index contributed by atoms with van der Waals surface area (Å²) in [5.74, 6) is 2.19. The van der Waals surface area contributed by atoms with Gasteiger partial charge in [0.2, 0.25) is 0 Å². The molecule has 2 heterocycles. The lowest BCUT2D eigenvalue weighted by Crippen LogP contribution is -2.21. The molecule has 0 amide bonds. The van der Waals surface area contributed by atoms with Crippen molar-refractivity contribution in [1.82, 2.24) is 9.88 Å². The number of methoxy groups -OCH3 is 2. The molecule has 1 saturated heterocycles. The van der Waals surface area contributed by atoms with E-state index < -0.39 is 0 Å². The van der Waals surface area contributed by atoms with Crippen molar-refractivity contribution in [3.63, 3.8) is 0 Å². The fourth-order valence-corrected chi connectivity index (χ4v) is 3.48. The molecular formula is C19H24N2O3. The Bertz CT molecular complexity index is 641. The van der Waals surface area contributed by atoms with Crippen molar-refractivity contribution in [2.75, 3.05) is 33.9 Å². The molecule has 2 aromatic rings. The Morgan fingerprint density at radius 2 is 1.75 bits per heavy atom. The van der Waals surface area contributed by atoms with Crippen molar-refractivity contribution in [2.45, 2.75) is 12.5 Å². The van der Waals surface area contributed by atoms with E-state index in [0.717, 1.165) is 36.7 Å². The highest BCUT2D eigenvalue weighted by molar-refractivity contribution is 5.38. The van der Waals surface area contributed by atoms with Gasteiger partial charge in [-0.25, -0.2) is 0 Å². The van der Waals surface area contributed by atoms with Crippen LogP contribution in [-0.2, 0) is 6.54 Å². The lowest BCUT2D eigenvalue weighted by atomic mass is 9.90. The van der Waals surface area contributed by atoms with Crippen molar-refractivity contribution >= 4 is 0 Å². The van der Waals surface area contributed by atoms with Crippen molar-refractivity contribution in [2.24, 2.45) is 5.92 Å². The van der Waals surface area contributed by atoms with Gasteiger partial charge in [-0.15, -0.1) is 0 Å². The van der Waals surface area contributed by atoms with Crippen LogP contribution in [0.5, 0.6) is 11.5 Å². The second-order valence-electron chi connectivity index (χ2n) is 6.24. The van der Waals surface area contributed by atoms with E-state index in [9.17, 15) is 5.11 Å². The van der Waals surface area contributed by atoms with Crippen LogP contribution in [0.1, 0.15) is 17.0 Å². The smallest absolute Gasteiger partial charge is 0.122 e. The number of aliphatic hydroxyl groups excluding tert-OH is 1. The average molecular weight is 328 g/mol. The summed E-state index contributed by atoms with van der Waals surface area (Å²) in [6, 6.07) is 10.0. The third kappa shape index (κ3) is 3.68. The van der Waals surface area contributed by atoms with Gasteiger partial charge in [-0.05, 0) is 35.4 Å². The van der Waals surface area contributed by atoms with Gasteiger partial charge >= 0.3 is 0 Å². The van der Waals surface area contributed by atoms with Gasteiger partial charge in [0.05, 0.1) is 14.2 Å². The maximum absolute atomic E-state index is 9.76. The second kappa shape index (κ2) is 7.64. The number of benzene rings is 1. The first kappa shape index (κ1) is 16.7. The van der Waals surface area contributed by atoms with Gasteiger partial charge in [0.15, 0.2) is 0 Å². The maximum atomic E-state index is 9.76. The van der Waals surface area contributed by atoms with E-state index in [1.165, 1.54) is 5.56 Å². The quantitative estimate of drug-likeness (QED) is 0.882. The fraction of sp³-hybridized carbons (Fsp3) is 0.421. The molecule has 128 valence electrons. The summed E-state index contributed by atoms with van der Waals surface area (Å²) in [5.41, 5.74) is 2.40. The highest BCUT2D eigenvalue weighted by atomic mass is 16.5. The first-order chi connectivity index (χ1) is 11.7. The summed E-state index contributed by atoms with van der Waals surface area (Å²) >= 11 is 0. The number of aliphatic hydroxyl groups is 1. The maximum Gasteiger partial charge on any atom is 0.122 e. The van der Waals surface area contributed by atoms with Crippen molar-refractivity contribution in [1.29, 1.82) is 0 Å². The largest absolute Gasteiger partial charge is 0.497 e. The summed E-state index contributed by atoms with van der Waals surface area (Å²) < 4.78 is 10.7. The molecule has 1 fully saturated rings. The number of hydrogen-bond acceptors (Lipinski definition) is 5. The zero-order valence-electron chi connectivity index (χ0n) is 14.2. The molecule has 0 radical (unpaired) electrons. The molecule has 5 nitrogen and oxygen atoms in total. The molecule has 1 aliphatic rings. The summed E-state index contributed by atoms with van der Waals surface area (Å²) in [5, 5.41) is 9.76. The molecule has 0 saturated carbocycles. The number of likely N-dealkylation sites (tertiary alicyclic amines) is 1. The van der Waals surface area contributed by atoms with E-state index in [4.69, 9.17) is 9.47 Å². The molecular weight excluding hydrogens is 304 g/mol. The van der Waals surface area contributed by atoms with Gasteiger partial charge in [-0.1, -0.05) is 0 Å². The molecule has 2 atom stereocenters. The van der Waals surface area contributed by atoms with Crippen LogP contribution in [-0.4, -0.2) is 48.9 Å². The zero-order valence-corrected chi connectivity index (χ0v) is 14.2. The van der Waals surface area contributed by atoms with E-state index in [1.54, 1.807) is 14.2 Å². The monoisotopic (exact) mass is 328 g/mol. The van der Waals surface area contributed by atoms with Crippen LogP contribution in [0.15, 0.2) is 42.7 Å². The van der Waals surface area contributed by atoms with Gasteiger partial charge in [0, 0.05) is 56.5 Å². The van der Waals surface area contributed by atoms with E-state index in [0.29, 0.717) is 5.92 Å². The Morgan fingerprint density at radius 3 is 2.33 bits per heavy atom. The van der Waals surface area contributed by atoms with Gasteiger partial charge in [0.25, 0.3) is 0 Å². The first-order valence-corrected chi connectivity index (χ1v) is 8.18. The summed E-state index contributed by atoms with van der Waals surface area (Å²) in [4.78, 5) is 6.46. The minimum Gasteiger partial charge on any atom is -0.497 e. The van der Waals surface area contributed by atoms with Gasteiger partial charge in [0.1, 0.15) is 11.5 Å². The number of hydrogen-bond donors (Lipinski definition) is 1. The SMILES string of the molecule is COc1cc(CN2C[C@@H](CO)[C@H](c3ccncc3)C2)cc(OC)c1.